The molecule has 1 N–H and O–H groups in total. The van der Waals surface area contributed by atoms with Crippen LogP contribution in [0.3, 0.4) is 0 Å². The van der Waals surface area contributed by atoms with E-state index in [0.29, 0.717) is 0 Å². The highest BCUT2D eigenvalue weighted by Crippen LogP contribution is 2.23. The number of esters is 5. The molecule has 11 nitrogen and oxygen atoms in total. The number of ether oxygens (including phenoxy) is 5. The molecule has 17 heteroatoms. The predicted octanol–water partition coefficient (Wildman–Crippen LogP) is 1.52. The van der Waals surface area contributed by atoms with E-state index in [-0.39, 0.29) is 88.3 Å². The fourth-order valence-corrected chi connectivity index (χ4v) is 2.97. The molecule has 0 aromatic rings. The molecule has 0 aliphatic rings. The van der Waals surface area contributed by atoms with Gasteiger partial charge >= 0.3 is 29.8 Å². The third-order valence-electron chi connectivity index (χ3n) is 4.13. The van der Waals surface area contributed by atoms with E-state index in [1.165, 1.54) is 6.92 Å². The first kappa shape index (κ1) is 40.5. The van der Waals surface area contributed by atoms with Gasteiger partial charge in [-0.05, 0) is 6.92 Å². The Morgan fingerprint density at radius 3 is 1.08 bits per heavy atom. The van der Waals surface area contributed by atoms with E-state index < -0.39 is 39.3 Å². The average Bonchev–Trinajstić information content (AvgIpc) is 2.87. The minimum Gasteiger partial charge on any atom is -0.465 e. The van der Waals surface area contributed by atoms with Gasteiger partial charge in [0.1, 0.15) is 38.4 Å². The first-order valence-corrected chi connectivity index (χ1v) is 15.0. The standard InChI is InChI=1S/C17H28O8S4.C5H10O3S2/c18-13(1-5-26)22-9-17(10-23-14(19)2-6-27,11-24-15(20)3-7-28)12-25-16(21)4-8-29;1-5(9,10)4(7)8-3-2-6/h26-29H,1-12H2;6,9-10H,2-3H2,1H3. The van der Waals surface area contributed by atoms with Crippen molar-refractivity contribution in [2.45, 2.75) is 36.7 Å². The van der Waals surface area contributed by atoms with Crippen molar-refractivity contribution in [3.8, 4) is 0 Å². The zero-order chi connectivity index (χ0) is 30.3. The van der Waals surface area contributed by atoms with Gasteiger partial charge in [0.15, 0.2) is 4.08 Å². The molecule has 0 atom stereocenters. The van der Waals surface area contributed by atoms with Gasteiger partial charge in [0.2, 0.25) is 0 Å². The summed E-state index contributed by atoms with van der Waals surface area (Å²) in [5.74, 6) is -1.53. The summed E-state index contributed by atoms with van der Waals surface area (Å²) in [5, 5.41) is 8.25. The lowest BCUT2D eigenvalue weighted by Crippen LogP contribution is -2.44. The number of carbonyl (C=O) groups is 5. The Hall–Kier alpha value is -0.590. The maximum absolute atomic E-state index is 11.8. The third-order valence-corrected chi connectivity index (χ3v) is 5.39. The molecule has 0 saturated heterocycles. The predicted molar refractivity (Wildman–Crippen MR) is 165 cm³/mol. The van der Waals surface area contributed by atoms with Gasteiger partial charge in [0.05, 0.1) is 32.3 Å². The molecule has 0 amide bonds. The fraction of sp³-hybridized carbons (Fsp3) is 0.773. The van der Waals surface area contributed by atoms with Crippen LogP contribution in [0.25, 0.3) is 0 Å². The van der Waals surface area contributed by atoms with Crippen molar-refractivity contribution in [2.75, 3.05) is 62.7 Å². The number of hydrogen-bond acceptors (Lipinski definition) is 17. The van der Waals surface area contributed by atoms with Gasteiger partial charge in [0, 0.05) is 23.0 Å². The van der Waals surface area contributed by atoms with E-state index in [2.05, 4.69) is 80.5 Å². The number of hydrogen-bond donors (Lipinski definition) is 7. The minimum absolute atomic E-state index is 0.00442. The quantitative estimate of drug-likeness (QED) is 0.0464. The lowest BCUT2D eigenvalue weighted by molar-refractivity contribution is -0.170. The van der Waals surface area contributed by atoms with Crippen LogP contribution in [0.1, 0.15) is 32.6 Å². The van der Waals surface area contributed by atoms with E-state index in [9.17, 15) is 24.0 Å². The number of aliphatic hydroxyl groups excluding tert-OH is 1. The highest BCUT2D eigenvalue weighted by Gasteiger charge is 2.37. The summed E-state index contributed by atoms with van der Waals surface area (Å²) in [7, 11) is 0. The Labute approximate surface area is 262 Å². The van der Waals surface area contributed by atoms with Crippen LogP contribution in [0, 0.1) is 5.41 Å². The highest BCUT2D eigenvalue weighted by molar-refractivity contribution is 8.01. The van der Waals surface area contributed by atoms with E-state index in [4.69, 9.17) is 24.1 Å². The van der Waals surface area contributed by atoms with Crippen LogP contribution in [0.5, 0.6) is 0 Å². The molecule has 0 aliphatic heterocycles. The second-order valence-electron chi connectivity index (χ2n) is 7.92. The zero-order valence-corrected chi connectivity index (χ0v) is 27.0. The van der Waals surface area contributed by atoms with Crippen LogP contribution in [-0.2, 0) is 47.7 Å². The fourth-order valence-electron chi connectivity index (χ4n) is 2.11. The van der Waals surface area contributed by atoms with Crippen molar-refractivity contribution >= 4 is 106 Å². The first-order chi connectivity index (χ1) is 18.3. The van der Waals surface area contributed by atoms with Crippen molar-refractivity contribution in [2.24, 2.45) is 5.41 Å². The van der Waals surface area contributed by atoms with Gasteiger partial charge < -0.3 is 28.8 Å². The molecule has 0 fully saturated rings. The van der Waals surface area contributed by atoms with Gasteiger partial charge in [-0.2, -0.15) is 75.8 Å². The van der Waals surface area contributed by atoms with Crippen molar-refractivity contribution in [3.05, 3.63) is 0 Å². The largest absolute Gasteiger partial charge is 0.465 e. The van der Waals surface area contributed by atoms with Crippen LogP contribution >= 0.6 is 75.8 Å². The molecule has 0 rings (SSSR count). The second kappa shape index (κ2) is 24.1. The summed E-state index contributed by atoms with van der Waals surface area (Å²) < 4.78 is 24.3. The Morgan fingerprint density at radius 1 is 0.590 bits per heavy atom. The lowest BCUT2D eigenvalue weighted by atomic mass is 9.92. The monoisotopic (exact) mass is 670 g/mol. The third kappa shape index (κ3) is 22.7. The van der Waals surface area contributed by atoms with Crippen LogP contribution in [0.15, 0.2) is 0 Å². The van der Waals surface area contributed by atoms with Crippen molar-refractivity contribution in [1.82, 2.24) is 0 Å². The normalized spacial score (nSPS) is 11.0. The van der Waals surface area contributed by atoms with Crippen LogP contribution in [0.2, 0.25) is 0 Å². The molecule has 0 aromatic carbocycles. The Kier molecular flexibility index (Phi) is 25.0. The zero-order valence-electron chi connectivity index (χ0n) is 21.6. The number of thiol groups is 6. The second-order valence-corrected chi connectivity index (χ2v) is 11.8. The van der Waals surface area contributed by atoms with Crippen LogP contribution in [-0.4, -0.2) is 102 Å². The Balaban J connectivity index is 0. The molecule has 0 spiro atoms. The molecule has 0 aliphatic carbocycles. The molecule has 0 radical (unpaired) electrons. The molecular formula is C22H38O11S6. The minimum atomic E-state index is -1.25. The molecule has 0 aromatic heterocycles. The van der Waals surface area contributed by atoms with Crippen LogP contribution in [0.4, 0.5) is 0 Å². The molecule has 39 heavy (non-hydrogen) atoms. The maximum Gasteiger partial charge on any atom is 0.331 e. The summed E-state index contributed by atoms with van der Waals surface area (Å²) >= 11 is 23.5. The average molecular weight is 671 g/mol. The van der Waals surface area contributed by atoms with Gasteiger partial charge in [-0.25, -0.2) is 4.79 Å². The molecule has 228 valence electrons. The molecule has 0 heterocycles. The smallest absolute Gasteiger partial charge is 0.331 e. The Bertz CT molecular complexity index is 653. The van der Waals surface area contributed by atoms with E-state index in [1.807, 2.05) is 0 Å². The highest BCUT2D eigenvalue weighted by atomic mass is 32.2. The van der Waals surface area contributed by atoms with Gasteiger partial charge in [0.25, 0.3) is 0 Å². The summed E-state index contributed by atoms with van der Waals surface area (Å²) in [5.41, 5.74) is -1.25. The number of carbonyl (C=O) groups excluding carboxylic acids is 5. The SMILES string of the molecule is CC(S)(S)C(=O)OCCO.O=C(CCS)OCC(COC(=O)CCS)(COC(=O)CCS)COC(=O)CCS. The van der Waals surface area contributed by atoms with Crippen molar-refractivity contribution < 1.29 is 52.8 Å². The molecule has 0 unspecified atom stereocenters. The van der Waals surface area contributed by atoms with Crippen molar-refractivity contribution in [1.29, 1.82) is 0 Å². The topological polar surface area (TPSA) is 152 Å². The molecular weight excluding hydrogens is 633 g/mol. The Morgan fingerprint density at radius 2 is 0.872 bits per heavy atom. The summed E-state index contributed by atoms with van der Waals surface area (Å²) in [6.45, 7) is 0.191. The van der Waals surface area contributed by atoms with Gasteiger partial charge in [-0.3, -0.25) is 19.2 Å². The summed E-state index contributed by atoms with van der Waals surface area (Å²) in [6.07, 6.45) is 0.268. The van der Waals surface area contributed by atoms with Gasteiger partial charge in [-0.15, -0.1) is 0 Å². The summed E-state index contributed by atoms with van der Waals surface area (Å²) in [4.78, 5) is 57.9. The molecule has 0 bridgehead atoms. The lowest BCUT2D eigenvalue weighted by Gasteiger charge is -2.31. The van der Waals surface area contributed by atoms with Crippen LogP contribution < -0.4 is 0 Å². The number of rotatable bonds is 19. The van der Waals surface area contributed by atoms with Gasteiger partial charge in [-0.1, -0.05) is 0 Å². The van der Waals surface area contributed by atoms with E-state index in [1.54, 1.807) is 0 Å². The van der Waals surface area contributed by atoms with Crippen molar-refractivity contribution in [3.63, 3.8) is 0 Å². The summed E-state index contributed by atoms with van der Waals surface area (Å²) in [6, 6.07) is 0. The maximum atomic E-state index is 11.8. The van der Waals surface area contributed by atoms with E-state index in [0.717, 1.165) is 0 Å². The van der Waals surface area contributed by atoms with E-state index >= 15 is 0 Å². The number of aliphatic hydroxyl groups is 1. The molecule has 0 saturated carbocycles. The first-order valence-electron chi connectivity index (χ1n) is 11.6.